The standard InChI is InChI=1S/C21H25NO10S/c1-15(2)20(25)31-13-11-29-9-10-30-12-14-32-21(26)16-3-5-17(6-4-16)33(27,28)22-18(23)7-8-19(22)24/h3-6H,1,7-14H2,2H3. The number of hydrogen-bond donors (Lipinski definition) is 0. The van der Waals surface area contributed by atoms with Gasteiger partial charge in [-0.25, -0.2) is 18.0 Å². The summed E-state index contributed by atoms with van der Waals surface area (Å²) in [6.45, 7) is 5.90. The number of imide groups is 1. The Morgan fingerprint density at radius 1 is 0.879 bits per heavy atom. The van der Waals surface area contributed by atoms with Gasteiger partial charge in [0.2, 0.25) is 11.8 Å². The zero-order valence-electron chi connectivity index (χ0n) is 18.1. The van der Waals surface area contributed by atoms with Crippen molar-refractivity contribution >= 4 is 33.8 Å². The molecule has 1 saturated heterocycles. The van der Waals surface area contributed by atoms with Crippen LogP contribution >= 0.6 is 0 Å². The number of benzene rings is 1. The second-order valence-corrected chi connectivity index (χ2v) is 8.64. The van der Waals surface area contributed by atoms with E-state index in [9.17, 15) is 27.6 Å². The minimum atomic E-state index is -4.30. The Morgan fingerprint density at radius 2 is 1.36 bits per heavy atom. The fourth-order valence-electron chi connectivity index (χ4n) is 2.61. The van der Waals surface area contributed by atoms with Gasteiger partial charge in [-0.1, -0.05) is 6.58 Å². The molecule has 180 valence electrons. The molecule has 1 fully saturated rings. The molecule has 0 saturated carbocycles. The summed E-state index contributed by atoms with van der Waals surface area (Å²) in [5.74, 6) is -2.73. The maximum absolute atomic E-state index is 12.5. The highest BCUT2D eigenvalue weighted by molar-refractivity contribution is 7.90. The van der Waals surface area contributed by atoms with E-state index >= 15 is 0 Å². The summed E-state index contributed by atoms with van der Waals surface area (Å²) < 4.78 is 45.6. The van der Waals surface area contributed by atoms with Gasteiger partial charge in [0, 0.05) is 18.4 Å². The maximum atomic E-state index is 12.5. The highest BCUT2D eigenvalue weighted by Crippen LogP contribution is 2.23. The maximum Gasteiger partial charge on any atom is 0.338 e. The van der Waals surface area contributed by atoms with E-state index < -0.39 is 33.8 Å². The van der Waals surface area contributed by atoms with Gasteiger partial charge in [0.1, 0.15) is 13.2 Å². The van der Waals surface area contributed by atoms with Gasteiger partial charge in [0.15, 0.2) is 0 Å². The average Bonchev–Trinajstić information content (AvgIpc) is 3.13. The second-order valence-electron chi connectivity index (χ2n) is 6.86. The lowest BCUT2D eigenvalue weighted by molar-refractivity contribution is -0.140. The van der Waals surface area contributed by atoms with Crippen LogP contribution in [0.25, 0.3) is 0 Å². The number of esters is 2. The average molecular weight is 483 g/mol. The lowest BCUT2D eigenvalue weighted by Gasteiger charge is -2.14. The molecule has 2 amide bonds. The molecule has 0 aromatic heterocycles. The van der Waals surface area contributed by atoms with Crippen molar-refractivity contribution in [3.8, 4) is 0 Å². The van der Waals surface area contributed by atoms with Crippen LogP contribution in [0.5, 0.6) is 0 Å². The third kappa shape index (κ3) is 7.48. The van der Waals surface area contributed by atoms with Crippen LogP contribution in [-0.2, 0) is 43.4 Å². The molecule has 12 heteroatoms. The summed E-state index contributed by atoms with van der Waals surface area (Å²) in [4.78, 5) is 46.3. The topological polar surface area (TPSA) is 143 Å². The normalized spacial score (nSPS) is 13.8. The zero-order valence-corrected chi connectivity index (χ0v) is 18.9. The Bertz CT molecular complexity index is 984. The lowest BCUT2D eigenvalue weighted by Crippen LogP contribution is -2.35. The molecule has 0 radical (unpaired) electrons. The number of rotatable bonds is 13. The smallest absolute Gasteiger partial charge is 0.338 e. The van der Waals surface area contributed by atoms with E-state index in [0.29, 0.717) is 5.57 Å². The van der Waals surface area contributed by atoms with Gasteiger partial charge in [-0.05, 0) is 31.2 Å². The van der Waals surface area contributed by atoms with Crippen LogP contribution in [0.15, 0.2) is 41.3 Å². The van der Waals surface area contributed by atoms with Crippen molar-refractivity contribution < 1.29 is 46.5 Å². The van der Waals surface area contributed by atoms with Crippen molar-refractivity contribution in [1.82, 2.24) is 4.31 Å². The number of sulfonamides is 1. The Morgan fingerprint density at radius 3 is 1.88 bits per heavy atom. The molecule has 33 heavy (non-hydrogen) atoms. The first-order valence-corrected chi connectivity index (χ1v) is 11.4. The van der Waals surface area contributed by atoms with Crippen molar-refractivity contribution in [1.29, 1.82) is 0 Å². The van der Waals surface area contributed by atoms with Crippen LogP contribution < -0.4 is 0 Å². The Labute approximate surface area is 191 Å². The molecular formula is C21H25NO10S. The van der Waals surface area contributed by atoms with Crippen molar-refractivity contribution in [2.24, 2.45) is 0 Å². The van der Waals surface area contributed by atoms with Gasteiger partial charge in [-0.15, -0.1) is 0 Å². The highest BCUT2D eigenvalue weighted by atomic mass is 32.2. The molecule has 0 unspecified atom stereocenters. The third-order valence-corrected chi connectivity index (χ3v) is 6.03. The third-order valence-electron chi connectivity index (χ3n) is 4.28. The van der Waals surface area contributed by atoms with Crippen molar-refractivity contribution in [2.45, 2.75) is 24.7 Å². The van der Waals surface area contributed by atoms with Gasteiger partial charge in [-0.3, -0.25) is 9.59 Å². The molecule has 1 aromatic carbocycles. The van der Waals surface area contributed by atoms with Crippen LogP contribution in [0, 0.1) is 0 Å². The Kier molecular flexibility index (Phi) is 9.70. The Hall–Kier alpha value is -3.09. The molecule has 1 aromatic rings. The largest absolute Gasteiger partial charge is 0.460 e. The molecule has 0 N–H and O–H groups in total. The van der Waals surface area contributed by atoms with E-state index in [1.807, 2.05) is 0 Å². The molecule has 0 atom stereocenters. The zero-order chi connectivity index (χ0) is 24.4. The van der Waals surface area contributed by atoms with Crippen LogP contribution in [0.1, 0.15) is 30.1 Å². The summed E-state index contributed by atoms with van der Waals surface area (Å²) in [6, 6.07) is 4.73. The van der Waals surface area contributed by atoms with Crippen LogP contribution in [0.4, 0.5) is 0 Å². The molecule has 0 bridgehead atoms. The predicted molar refractivity (Wildman–Crippen MR) is 112 cm³/mol. The molecule has 11 nitrogen and oxygen atoms in total. The number of nitrogens with zero attached hydrogens (tertiary/aromatic N) is 1. The van der Waals surface area contributed by atoms with Crippen molar-refractivity contribution in [3.63, 3.8) is 0 Å². The predicted octanol–water partition coefficient (Wildman–Crippen LogP) is 0.834. The monoisotopic (exact) mass is 483 g/mol. The first-order chi connectivity index (χ1) is 15.6. The Balaban J connectivity index is 1.66. The van der Waals surface area contributed by atoms with Crippen molar-refractivity contribution in [3.05, 3.63) is 42.0 Å². The van der Waals surface area contributed by atoms with Crippen LogP contribution in [0.2, 0.25) is 0 Å². The quantitative estimate of drug-likeness (QED) is 0.171. The number of ether oxygens (including phenoxy) is 4. The minimum absolute atomic E-state index is 0.0358. The first kappa shape index (κ1) is 26.2. The van der Waals surface area contributed by atoms with Gasteiger partial charge in [0.05, 0.1) is 36.9 Å². The molecule has 1 aliphatic heterocycles. The van der Waals surface area contributed by atoms with Gasteiger partial charge in [0.25, 0.3) is 10.0 Å². The van der Waals surface area contributed by atoms with E-state index in [1.165, 1.54) is 12.1 Å². The van der Waals surface area contributed by atoms with E-state index in [1.54, 1.807) is 6.92 Å². The minimum Gasteiger partial charge on any atom is -0.460 e. The van der Waals surface area contributed by atoms with Crippen LogP contribution in [0.3, 0.4) is 0 Å². The van der Waals surface area contributed by atoms with Crippen LogP contribution in [-0.4, -0.2) is 76.1 Å². The molecule has 2 rings (SSSR count). The number of hydrogen-bond acceptors (Lipinski definition) is 10. The summed E-state index contributed by atoms with van der Waals surface area (Å²) in [5, 5.41) is 0. The molecule has 0 spiro atoms. The fourth-order valence-corrected chi connectivity index (χ4v) is 4.02. The van der Waals surface area contributed by atoms with E-state index in [4.69, 9.17) is 18.9 Å². The van der Waals surface area contributed by atoms with E-state index in [0.717, 1.165) is 12.1 Å². The summed E-state index contributed by atoms with van der Waals surface area (Å²) >= 11 is 0. The number of carbonyl (C=O) groups excluding carboxylic acids is 4. The highest BCUT2D eigenvalue weighted by Gasteiger charge is 2.39. The second kappa shape index (κ2) is 12.2. The lowest BCUT2D eigenvalue weighted by atomic mass is 10.2. The molecule has 1 heterocycles. The molecule has 0 aliphatic carbocycles. The number of amides is 2. The molecule has 1 aliphatic rings. The summed E-state index contributed by atoms with van der Waals surface area (Å²) in [7, 11) is -4.30. The van der Waals surface area contributed by atoms with E-state index in [-0.39, 0.29) is 67.2 Å². The fraction of sp³-hybridized carbons (Fsp3) is 0.429. The summed E-state index contributed by atoms with van der Waals surface area (Å²) in [6.07, 6.45) is -0.302. The molecular weight excluding hydrogens is 458 g/mol. The van der Waals surface area contributed by atoms with Crippen molar-refractivity contribution in [2.75, 3.05) is 39.6 Å². The first-order valence-electron chi connectivity index (χ1n) is 10.0. The summed E-state index contributed by atoms with van der Waals surface area (Å²) in [5.41, 5.74) is 0.407. The van der Waals surface area contributed by atoms with E-state index in [2.05, 4.69) is 6.58 Å². The SMILES string of the molecule is C=C(C)C(=O)OCCOCCOCCOC(=O)c1ccc(S(=O)(=O)N2C(=O)CCC2=O)cc1. The number of carbonyl (C=O) groups is 4. The van der Waals surface area contributed by atoms with Gasteiger partial charge >= 0.3 is 11.9 Å². The van der Waals surface area contributed by atoms with Gasteiger partial charge in [-0.2, -0.15) is 4.31 Å². The van der Waals surface area contributed by atoms with Gasteiger partial charge < -0.3 is 18.9 Å².